The van der Waals surface area contributed by atoms with E-state index in [4.69, 9.17) is 0 Å². The van der Waals surface area contributed by atoms with E-state index in [-0.39, 0.29) is 11.7 Å². The van der Waals surface area contributed by atoms with Gasteiger partial charge in [-0.2, -0.15) is 4.98 Å². The van der Waals surface area contributed by atoms with Crippen LogP contribution in [0, 0.1) is 6.92 Å². The van der Waals surface area contributed by atoms with Crippen molar-refractivity contribution in [3.63, 3.8) is 0 Å². The monoisotopic (exact) mass is 195 g/mol. The Morgan fingerprint density at radius 3 is 3.00 bits per heavy atom. The topological polar surface area (TPSA) is 68.0 Å². The van der Waals surface area contributed by atoms with E-state index in [2.05, 4.69) is 20.0 Å². The first-order chi connectivity index (χ1) is 6.74. The van der Waals surface area contributed by atoms with E-state index in [1.165, 1.54) is 0 Å². The van der Waals surface area contributed by atoms with E-state index in [1.807, 2.05) is 19.1 Å². The van der Waals surface area contributed by atoms with Crippen LogP contribution in [0.4, 0.5) is 0 Å². The number of aryl methyl sites for hydroxylation is 1. The highest BCUT2D eigenvalue weighted by Gasteiger charge is 2.10. The first kappa shape index (κ1) is 10.4. The molecule has 1 aromatic rings. The molecule has 1 heterocycles. The van der Waals surface area contributed by atoms with Crippen molar-refractivity contribution in [2.45, 2.75) is 20.3 Å². The summed E-state index contributed by atoms with van der Waals surface area (Å²) in [5, 5.41) is 6.17. The Morgan fingerprint density at radius 1 is 1.64 bits per heavy atom. The highest BCUT2D eigenvalue weighted by Crippen LogP contribution is 1.94. The van der Waals surface area contributed by atoms with Crippen molar-refractivity contribution < 1.29 is 9.32 Å². The Kier molecular flexibility index (Phi) is 3.84. The van der Waals surface area contributed by atoms with Gasteiger partial charge in [0.15, 0.2) is 0 Å². The van der Waals surface area contributed by atoms with Crippen molar-refractivity contribution in [3.8, 4) is 0 Å². The standard InChI is InChI=1S/C9H13N3O2/c1-3-4-5-6-10-9(13)8-11-7(2)14-12-8/h3-4H,5-6H2,1-2H3,(H,10,13)/b4-3+. The zero-order valence-electron chi connectivity index (χ0n) is 8.28. The molecule has 0 aromatic carbocycles. The van der Waals surface area contributed by atoms with Gasteiger partial charge in [0.1, 0.15) is 0 Å². The summed E-state index contributed by atoms with van der Waals surface area (Å²) in [6, 6.07) is 0. The molecule has 5 nitrogen and oxygen atoms in total. The Labute approximate surface area is 82.2 Å². The minimum atomic E-state index is -0.300. The van der Waals surface area contributed by atoms with Gasteiger partial charge in [0, 0.05) is 13.5 Å². The number of allylic oxidation sites excluding steroid dienone is 1. The van der Waals surface area contributed by atoms with Crippen molar-refractivity contribution in [3.05, 3.63) is 23.9 Å². The lowest BCUT2D eigenvalue weighted by atomic mass is 10.4. The molecule has 0 bridgehead atoms. The van der Waals surface area contributed by atoms with Crippen LogP contribution in [0.1, 0.15) is 29.9 Å². The number of carbonyl (C=O) groups excluding carboxylic acids is 1. The lowest BCUT2D eigenvalue weighted by Crippen LogP contribution is -2.25. The molecule has 0 atom stereocenters. The number of nitrogens with zero attached hydrogens (tertiary/aromatic N) is 2. The number of amides is 1. The van der Waals surface area contributed by atoms with Gasteiger partial charge < -0.3 is 9.84 Å². The largest absolute Gasteiger partial charge is 0.349 e. The molecule has 0 aliphatic heterocycles. The van der Waals surface area contributed by atoms with Crippen molar-refractivity contribution in [1.82, 2.24) is 15.5 Å². The zero-order chi connectivity index (χ0) is 10.4. The van der Waals surface area contributed by atoms with Gasteiger partial charge in [-0.05, 0) is 13.3 Å². The molecule has 0 saturated carbocycles. The molecule has 1 rings (SSSR count). The molecule has 76 valence electrons. The van der Waals surface area contributed by atoms with Crippen molar-refractivity contribution in [1.29, 1.82) is 0 Å². The lowest BCUT2D eigenvalue weighted by molar-refractivity contribution is 0.0941. The molecule has 1 amide bonds. The van der Waals surface area contributed by atoms with Gasteiger partial charge in [0.2, 0.25) is 5.89 Å². The van der Waals surface area contributed by atoms with Crippen molar-refractivity contribution in [2.75, 3.05) is 6.54 Å². The van der Waals surface area contributed by atoms with Crippen molar-refractivity contribution >= 4 is 5.91 Å². The Morgan fingerprint density at radius 2 is 2.43 bits per heavy atom. The van der Waals surface area contributed by atoms with E-state index in [0.717, 1.165) is 6.42 Å². The number of hydrogen-bond acceptors (Lipinski definition) is 4. The minimum absolute atomic E-state index is 0.0861. The quantitative estimate of drug-likeness (QED) is 0.576. The second-order valence-corrected chi connectivity index (χ2v) is 2.75. The van der Waals surface area contributed by atoms with E-state index in [1.54, 1.807) is 6.92 Å². The highest BCUT2D eigenvalue weighted by atomic mass is 16.5. The van der Waals surface area contributed by atoms with E-state index in [9.17, 15) is 4.79 Å². The summed E-state index contributed by atoms with van der Waals surface area (Å²) in [4.78, 5) is 15.1. The number of carbonyl (C=O) groups is 1. The molecular formula is C9H13N3O2. The predicted molar refractivity (Wildman–Crippen MR) is 50.8 cm³/mol. The van der Waals surface area contributed by atoms with Gasteiger partial charge in [-0.25, -0.2) is 0 Å². The van der Waals surface area contributed by atoms with Crippen LogP contribution < -0.4 is 5.32 Å². The molecule has 0 aliphatic carbocycles. The SMILES string of the molecule is C/C=C/CCNC(=O)c1noc(C)n1. The van der Waals surface area contributed by atoms with Gasteiger partial charge in [0.05, 0.1) is 0 Å². The summed E-state index contributed by atoms with van der Waals surface area (Å²) in [6.07, 6.45) is 4.71. The molecule has 14 heavy (non-hydrogen) atoms. The van der Waals surface area contributed by atoms with Gasteiger partial charge >= 0.3 is 0 Å². The van der Waals surface area contributed by atoms with Gasteiger partial charge in [-0.15, -0.1) is 0 Å². The zero-order valence-corrected chi connectivity index (χ0v) is 8.28. The molecule has 1 N–H and O–H groups in total. The smallest absolute Gasteiger partial charge is 0.292 e. The average molecular weight is 195 g/mol. The average Bonchev–Trinajstić information content (AvgIpc) is 2.59. The van der Waals surface area contributed by atoms with Crippen LogP contribution >= 0.6 is 0 Å². The van der Waals surface area contributed by atoms with Gasteiger partial charge in [0.25, 0.3) is 11.7 Å². The Bertz CT molecular complexity index is 331. The van der Waals surface area contributed by atoms with Crippen LogP contribution in [0.5, 0.6) is 0 Å². The number of hydrogen-bond donors (Lipinski definition) is 1. The van der Waals surface area contributed by atoms with Crippen LogP contribution in [0.25, 0.3) is 0 Å². The molecule has 0 aliphatic rings. The first-order valence-electron chi connectivity index (χ1n) is 4.43. The molecular weight excluding hydrogens is 182 g/mol. The number of aromatic nitrogens is 2. The van der Waals surface area contributed by atoms with Crippen LogP contribution in [0.3, 0.4) is 0 Å². The summed E-state index contributed by atoms with van der Waals surface area (Å²) < 4.78 is 4.68. The van der Waals surface area contributed by atoms with E-state index < -0.39 is 0 Å². The van der Waals surface area contributed by atoms with Gasteiger partial charge in [-0.3, -0.25) is 4.79 Å². The van der Waals surface area contributed by atoms with Crippen LogP contribution in [-0.4, -0.2) is 22.6 Å². The third-order valence-electron chi connectivity index (χ3n) is 1.56. The summed E-state index contributed by atoms with van der Waals surface area (Å²) in [7, 11) is 0. The molecule has 0 radical (unpaired) electrons. The molecule has 0 fully saturated rings. The van der Waals surface area contributed by atoms with Gasteiger partial charge in [-0.1, -0.05) is 17.3 Å². The number of rotatable bonds is 4. The maximum absolute atomic E-state index is 11.3. The van der Waals surface area contributed by atoms with Crippen LogP contribution in [0.15, 0.2) is 16.7 Å². The fourth-order valence-corrected chi connectivity index (χ4v) is 0.906. The summed E-state index contributed by atoms with van der Waals surface area (Å²) in [6.45, 7) is 4.16. The van der Waals surface area contributed by atoms with Crippen LogP contribution in [-0.2, 0) is 0 Å². The second-order valence-electron chi connectivity index (χ2n) is 2.75. The molecule has 5 heteroatoms. The third kappa shape index (κ3) is 3.01. The maximum atomic E-state index is 11.3. The summed E-state index contributed by atoms with van der Waals surface area (Å²) in [5.74, 6) is 0.179. The van der Waals surface area contributed by atoms with Crippen LogP contribution in [0.2, 0.25) is 0 Å². The molecule has 0 unspecified atom stereocenters. The van der Waals surface area contributed by atoms with Crippen molar-refractivity contribution in [2.24, 2.45) is 0 Å². The minimum Gasteiger partial charge on any atom is -0.349 e. The Hall–Kier alpha value is -1.65. The predicted octanol–water partition coefficient (Wildman–Crippen LogP) is 1.07. The lowest BCUT2D eigenvalue weighted by Gasteiger charge is -1.97. The maximum Gasteiger partial charge on any atom is 0.292 e. The first-order valence-corrected chi connectivity index (χ1v) is 4.43. The normalized spacial score (nSPS) is 10.7. The summed E-state index contributed by atoms with van der Waals surface area (Å²) in [5.41, 5.74) is 0. The number of nitrogens with one attached hydrogen (secondary N) is 1. The third-order valence-corrected chi connectivity index (χ3v) is 1.56. The molecule has 1 aromatic heterocycles. The van der Waals surface area contributed by atoms with E-state index >= 15 is 0 Å². The fraction of sp³-hybridized carbons (Fsp3) is 0.444. The second kappa shape index (κ2) is 5.16. The molecule has 0 saturated heterocycles. The highest BCUT2D eigenvalue weighted by molar-refractivity contribution is 5.90. The van der Waals surface area contributed by atoms with E-state index in [0.29, 0.717) is 12.4 Å². The fourth-order valence-electron chi connectivity index (χ4n) is 0.906. The molecule has 0 spiro atoms. The summed E-state index contributed by atoms with van der Waals surface area (Å²) >= 11 is 0. The Balaban J connectivity index is 2.35.